The Morgan fingerprint density at radius 2 is 1.65 bits per heavy atom. The topological polar surface area (TPSA) is 86.7 Å². The van der Waals surface area contributed by atoms with Crippen LogP contribution < -0.4 is 39.4 Å². The van der Waals surface area contributed by atoms with E-state index in [-0.39, 0.29) is 40.2 Å². The fourth-order valence-electron chi connectivity index (χ4n) is 2.55. The fourth-order valence-corrected chi connectivity index (χ4v) is 3.05. The second-order valence-corrected chi connectivity index (χ2v) is 7.40. The van der Waals surface area contributed by atoms with Crippen LogP contribution in [0.25, 0.3) is 0 Å². The number of ether oxygens (including phenoxy) is 1. The number of rotatable bonds is 9. The van der Waals surface area contributed by atoms with Crippen molar-refractivity contribution in [1.29, 1.82) is 0 Å². The number of benzene rings is 2. The Balaban J connectivity index is 0.00000338. The molecular weight excluding hydrogens is 363 g/mol. The van der Waals surface area contributed by atoms with Crippen molar-refractivity contribution in [2.24, 2.45) is 0 Å². The van der Waals surface area contributed by atoms with Crippen molar-refractivity contribution >= 4 is 10.1 Å². The smallest absolute Gasteiger partial charge is 0.872 e. The molecule has 0 radical (unpaired) electrons. The summed E-state index contributed by atoms with van der Waals surface area (Å²) in [7, 11) is -4.30. The van der Waals surface area contributed by atoms with E-state index in [0.29, 0.717) is 11.5 Å². The van der Waals surface area contributed by atoms with Gasteiger partial charge in [0.15, 0.2) is 0 Å². The summed E-state index contributed by atoms with van der Waals surface area (Å²) in [5.41, 5.74) is 0.870. The van der Waals surface area contributed by atoms with Crippen LogP contribution in [0.4, 0.5) is 0 Å². The first-order chi connectivity index (χ1) is 11.9. The molecule has 136 valence electrons. The molecule has 0 fully saturated rings. The molecule has 2 aromatic rings. The first-order valence-electron chi connectivity index (χ1n) is 8.45. The van der Waals surface area contributed by atoms with Crippen LogP contribution in [0.2, 0.25) is 0 Å². The van der Waals surface area contributed by atoms with Crippen LogP contribution in [0.5, 0.6) is 17.2 Å². The Hall–Kier alpha value is -1.05. The fraction of sp³-hybridized carbons (Fsp3) is 0.368. The summed E-state index contributed by atoms with van der Waals surface area (Å²) in [6, 6.07) is 10.2. The molecule has 0 aliphatic carbocycles. The largest absolute Gasteiger partial charge is 1.00 e. The molecule has 0 aromatic heterocycles. The molecule has 5 nitrogen and oxygen atoms in total. The second-order valence-electron chi connectivity index (χ2n) is 5.98. The first kappa shape index (κ1) is 23.0. The van der Waals surface area contributed by atoms with Crippen molar-refractivity contribution < 1.29 is 52.4 Å². The molecule has 2 rings (SSSR count). The van der Waals surface area contributed by atoms with E-state index in [1.807, 2.05) is 0 Å². The van der Waals surface area contributed by atoms with E-state index in [1.165, 1.54) is 55.7 Å². The van der Waals surface area contributed by atoms with E-state index < -0.39 is 10.1 Å². The molecule has 1 N–H and O–H groups in total. The third kappa shape index (κ3) is 7.29. The quantitative estimate of drug-likeness (QED) is 0.399. The minimum Gasteiger partial charge on any atom is -0.872 e. The molecule has 0 saturated heterocycles. The van der Waals surface area contributed by atoms with Crippen LogP contribution in [0, 0.1) is 0 Å². The normalized spacial score (nSPS) is 11.0. The molecule has 0 spiro atoms. The third-order valence-electron chi connectivity index (χ3n) is 3.94. The summed E-state index contributed by atoms with van der Waals surface area (Å²) >= 11 is 0. The molecule has 0 aliphatic rings. The van der Waals surface area contributed by atoms with Crippen molar-refractivity contribution in [3.8, 4) is 17.2 Å². The Labute approximate surface area is 177 Å². The maximum absolute atomic E-state index is 11.4. The van der Waals surface area contributed by atoms with Gasteiger partial charge in [-0.1, -0.05) is 50.8 Å². The van der Waals surface area contributed by atoms with Gasteiger partial charge in [-0.15, -0.1) is 5.75 Å². The molecule has 0 saturated carbocycles. The monoisotopic (exact) mass is 386 g/mol. The van der Waals surface area contributed by atoms with Crippen LogP contribution in [0.15, 0.2) is 47.4 Å². The molecule has 0 amide bonds. The van der Waals surface area contributed by atoms with Crippen LogP contribution in [0.3, 0.4) is 0 Å². The molecule has 7 heteroatoms. The number of hydrogen-bond donors (Lipinski definition) is 1. The van der Waals surface area contributed by atoms with Crippen molar-refractivity contribution in [3.63, 3.8) is 0 Å². The van der Waals surface area contributed by atoms with E-state index in [9.17, 15) is 18.1 Å². The summed E-state index contributed by atoms with van der Waals surface area (Å²) in [4.78, 5) is -0.210. The number of hydrogen-bond acceptors (Lipinski definition) is 4. The minimum absolute atomic E-state index is 0. The summed E-state index contributed by atoms with van der Waals surface area (Å²) in [5.74, 6) is 0.693. The average molecular weight is 386 g/mol. The van der Waals surface area contributed by atoms with Crippen molar-refractivity contribution in [1.82, 2.24) is 0 Å². The zero-order chi connectivity index (χ0) is 18.3. The molecule has 0 aliphatic heterocycles. The van der Waals surface area contributed by atoms with Gasteiger partial charge in [-0.2, -0.15) is 8.42 Å². The van der Waals surface area contributed by atoms with Crippen molar-refractivity contribution in [2.75, 3.05) is 0 Å². The Bertz CT molecular complexity index is 788. The minimum atomic E-state index is -4.30. The van der Waals surface area contributed by atoms with Crippen molar-refractivity contribution in [2.45, 2.75) is 50.3 Å². The van der Waals surface area contributed by atoms with Crippen LogP contribution >= 0.6 is 0 Å². The zero-order valence-electron chi connectivity index (χ0n) is 15.3. The SMILES string of the molecule is CCCCCCCc1ccc(S(=O)(=O)O)cc1Oc1ccc([O-])cc1.[Na+]. The summed E-state index contributed by atoms with van der Waals surface area (Å²) < 4.78 is 37.8. The molecular formula is C19H23NaO5S. The van der Waals surface area contributed by atoms with Gasteiger partial charge in [0.05, 0.1) is 4.90 Å². The van der Waals surface area contributed by atoms with E-state index in [1.54, 1.807) is 6.07 Å². The molecule has 0 heterocycles. The van der Waals surface area contributed by atoms with E-state index >= 15 is 0 Å². The Morgan fingerprint density at radius 3 is 2.27 bits per heavy atom. The summed E-state index contributed by atoms with van der Waals surface area (Å²) in [6.07, 6.45) is 6.37. The van der Waals surface area contributed by atoms with Gasteiger partial charge in [-0.05, 0) is 36.6 Å². The summed E-state index contributed by atoms with van der Waals surface area (Å²) in [6.45, 7) is 2.16. The van der Waals surface area contributed by atoms with Gasteiger partial charge in [-0.25, -0.2) is 0 Å². The van der Waals surface area contributed by atoms with Gasteiger partial charge >= 0.3 is 29.6 Å². The second kappa shape index (κ2) is 10.9. The van der Waals surface area contributed by atoms with Crippen LogP contribution in [0.1, 0.15) is 44.6 Å². The molecule has 0 unspecified atom stereocenters. The van der Waals surface area contributed by atoms with E-state index in [4.69, 9.17) is 4.74 Å². The van der Waals surface area contributed by atoms with Gasteiger partial charge in [0.1, 0.15) is 11.5 Å². The van der Waals surface area contributed by atoms with Crippen LogP contribution in [-0.4, -0.2) is 13.0 Å². The first-order valence-corrected chi connectivity index (χ1v) is 9.89. The average Bonchev–Trinajstić information content (AvgIpc) is 2.57. The number of unbranched alkanes of at least 4 members (excludes halogenated alkanes) is 4. The number of aryl methyl sites for hydroxylation is 1. The van der Waals surface area contributed by atoms with Gasteiger partial charge in [0.25, 0.3) is 10.1 Å². The molecule has 0 bridgehead atoms. The standard InChI is InChI=1S/C19H24O5S.Na/c1-2-3-4-5-6-7-15-8-13-18(25(21,22)23)14-19(15)24-17-11-9-16(20)10-12-17;/h8-14,20H,2-7H2,1H3,(H,21,22,23);/q;+1/p-1. The zero-order valence-corrected chi connectivity index (χ0v) is 18.1. The van der Waals surface area contributed by atoms with E-state index in [2.05, 4.69) is 6.92 Å². The predicted octanol–water partition coefficient (Wildman–Crippen LogP) is 1.32. The molecule has 2 aromatic carbocycles. The third-order valence-corrected chi connectivity index (χ3v) is 4.79. The molecule has 0 atom stereocenters. The molecule has 26 heavy (non-hydrogen) atoms. The van der Waals surface area contributed by atoms with Gasteiger partial charge in [-0.3, -0.25) is 4.55 Å². The van der Waals surface area contributed by atoms with Gasteiger partial charge in [0, 0.05) is 6.07 Å². The van der Waals surface area contributed by atoms with Crippen LogP contribution in [-0.2, 0) is 16.5 Å². The maximum Gasteiger partial charge on any atom is 1.00 e. The Kier molecular flexibility index (Phi) is 9.68. The predicted molar refractivity (Wildman–Crippen MR) is 94.7 cm³/mol. The summed E-state index contributed by atoms with van der Waals surface area (Å²) in [5, 5.41) is 11.2. The maximum atomic E-state index is 11.4. The van der Waals surface area contributed by atoms with Gasteiger partial charge in [0.2, 0.25) is 0 Å². The van der Waals surface area contributed by atoms with Gasteiger partial charge < -0.3 is 9.84 Å². The van der Waals surface area contributed by atoms with Crippen molar-refractivity contribution in [3.05, 3.63) is 48.0 Å². The Morgan fingerprint density at radius 1 is 1.00 bits per heavy atom. The van der Waals surface area contributed by atoms with E-state index in [0.717, 1.165) is 24.8 Å².